The molecule has 0 bridgehead atoms. The van der Waals surface area contributed by atoms with Gasteiger partial charge in [-0.25, -0.2) is 0 Å². The second-order valence-electron chi connectivity index (χ2n) is 6.63. The predicted molar refractivity (Wildman–Crippen MR) is 86.4 cm³/mol. The molecule has 0 saturated heterocycles. The van der Waals surface area contributed by atoms with Crippen LogP contribution < -0.4 is 0 Å². The Balaban J connectivity index is 2.08. The van der Waals surface area contributed by atoms with E-state index in [1.165, 1.54) is 0 Å². The Bertz CT molecular complexity index is 561. The lowest BCUT2D eigenvalue weighted by molar-refractivity contribution is -0.0511. The number of hydrogen-bond donors (Lipinski definition) is 0. The lowest BCUT2D eigenvalue weighted by Crippen LogP contribution is -2.43. The molecule has 1 aliphatic carbocycles. The maximum atomic E-state index is 12.2. The normalized spacial score (nSPS) is 22.0. The fraction of sp³-hybridized carbons (Fsp3) is 0.421. The van der Waals surface area contributed by atoms with Crippen molar-refractivity contribution in [2.45, 2.75) is 39.2 Å². The Hall–Kier alpha value is -1.67. The zero-order valence-corrected chi connectivity index (χ0v) is 13.3. The van der Waals surface area contributed by atoms with Crippen molar-refractivity contribution in [1.29, 1.82) is 0 Å². The number of carbonyl (C=O) groups excluding carboxylic acids is 1. The molecule has 0 aliphatic heterocycles. The van der Waals surface area contributed by atoms with Gasteiger partial charge in [-0.1, -0.05) is 69.3 Å². The zero-order chi connectivity index (χ0) is 15.5. The van der Waals surface area contributed by atoms with Gasteiger partial charge in [0.1, 0.15) is 0 Å². The van der Waals surface area contributed by atoms with Gasteiger partial charge < -0.3 is 4.74 Å². The average molecular weight is 284 g/mol. The van der Waals surface area contributed by atoms with E-state index < -0.39 is 0 Å². The molecule has 2 rings (SSSR count). The molecular weight excluding hydrogens is 260 g/mol. The summed E-state index contributed by atoms with van der Waals surface area (Å²) in [5, 5.41) is 0. The molecule has 1 aromatic rings. The van der Waals surface area contributed by atoms with Gasteiger partial charge in [-0.05, 0) is 17.4 Å². The molecule has 0 aromatic heterocycles. The minimum absolute atomic E-state index is 0.0176. The number of methoxy groups -OCH3 is 1. The van der Waals surface area contributed by atoms with Gasteiger partial charge >= 0.3 is 0 Å². The van der Waals surface area contributed by atoms with E-state index in [-0.39, 0.29) is 16.8 Å². The third-order valence-electron chi connectivity index (χ3n) is 4.33. The maximum absolute atomic E-state index is 12.2. The van der Waals surface area contributed by atoms with E-state index in [2.05, 4.69) is 32.9 Å². The maximum Gasteiger partial charge on any atom is 0.167 e. The van der Waals surface area contributed by atoms with Gasteiger partial charge in [0, 0.05) is 19.1 Å². The number of Topliss-reactive ketones (excluding diaryl/α,β-unsaturated/α-hetero) is 1. The smallest absolute Gasteiger partial charge is 0.167 e. The van der Waals surface area contributed by atoms with Crippen molar-refractivity contribution in [3.05, 3.63) is 59.7 Å². The molecule has 0 saturated carbocycles. The second-order valence-corrected chi connectivity index (χ2v) is 6.63. The minimum atomic E-state index is -0.285. The quantitative estimate of drug-likeness (QED) is 0.757. The molecule has 1 unspecified atom stereocenters. The Kier molecular flexibility index (Phi) is 4.48. The fourth-order valence-corrected chi connectivity index (χ4v) is 2.72. The first-order valence-electron chi connectivity index (χ1n) is 7.40. The zero-order valence-electron chi connectivity index (χ0n) is 13.3. The van der Waals surface area contributed by atoms with Crippen molar-refractivity contribution in [1.82, 2.24) is 0 Å². The van der Waals surface area contributed by atoms with E-state index in [4.69, 9.17) is 4.74 Å². The fourth-order valence-electron chi connectivity index (χ4n) is 2.72. The van der Waals surface area contributed by atoms with Gasteiger partial charge in [0.25, 0.3) is 0 Å². The summed E-state index contributed by atoms with van der Waals surface area (Å²) in [7, 11) is 1.75. The largest absolute Gasteiger partial charge is 0.373 e. The van der Waals surface area contributed by atoms with Crippen LogP contribution in [-0.2, 0) is 4.74 Å². The molecule has 0 amide bonds. The standard InChI is InChI=1S/C19H24O2/c1-18(2,3)19(21-4)12-10-15(11-13-19)14-17(20)16-8-6-5-7-9-16/h5-12H,13-14H2,1-4H3. The first kappa shape index (κ1) is 15.7. The van der Waals surface area contributed by atoms with E-state index >= 15 is 0 Å². The van der Waals surface area contributed by atoms with Gasteiger partial charge in [0.15, 0.2) is 5.78 Å². The number of rotatable bonds is 4. The molecule has 21 heavy (non-hydrogen) atoms. The van der Waals surface area contributed by atoms with Crippen LogP contribution in [0.5, 0.6) is 0 Å². The molecule has 0 fully saturated rings. The molecule has 0 heterocycles. The predicted octanol–water partition coefficient (Wildman–Crippen LogP) is 4.58. The molecular formula is C19H24O2. The van der Waals surface area contributed by atoms with Crippen molar-refractivity contribution in [2.24, 2.45) is 5.41 Å². The highest BCUT2D eigenvalue weighted by atomic mass is 16.5. The van der Waals surface area contributed by atoms with Crippen LogP contribution >= 0.6 is 0 Å². The summed E-state index contributed by atoms with van der Waals surface area (Å²) in [6, 6.07) is 9.45. The van der Waals surface area contributed by atoms with E-state index in [0.29, 0.717) is 6.42 Å². The van der Waals surface area contributed by atoms with E-state index in [1.54, 1.807) is 7.11 Å². The highest BCUT2D eigenvalue weighted by Gasteiger charge is 2.40. The Morgan fingerprint density at radius 2 is 1.90 bits per heavy atom. The summed E-state index contributed by atoms with van der Waals surface area (Å²) < 4.78 is 5.76. The SMILES string of the molecule is COC1(C(C)(C)C)C=CC(CC(=O)c2ccccc2)=CC1. The topological polar surface area (TPSA) is 26.3 Å². The van der Waals surface area contributed by atoms with Crippen LogP contribution in [0, 0.1) is 5.41 Å². The molecule has 0 N–H and O–H groups in total. The Morgan fingerprint density at radius 1 is 1.24 bits per heavy atom. The summed E-state index contributed by atoms with van der Waals surface area (Å²) >= 11 is 0. The van der Waals surface area contributed by atoms with Crippen LogP contribution in [0.3, 0.4) is 0 Å². The van der Waals surface area contributed by atoms with Crippen molar-refractivity contribution in [2.75, 3.05) is 7.11 Å². The van der Waals surface area contributed by atoms with Crippen LogP contribution in [0.15, 0.2) is 54.1 Å². The lowest BCUT2D eigenvalue weighted by atomic mass is 9.71. The monoisotopic (exact) mass is 284 g/mol. The molecule has 1 aliphatic rings. The molecule has 1 atom stereocenters. The molecule has 2 nitrogen and oxygen atoms in total. The van der Waals surface area contributed by atoms with Gasteiger partial charge in [0.2, 0.25) is 0 Å². The summed E-state index contributed by atoms with van der Waals surface area (Å²) in [4.78, 5) is 12.2. The minimum Gasteiger partial charge on any atom is -0.373 e. The number of carbonyl (C=O) groups is 1. The van der Waals surface area contributed by atoms with Crippen LogP contribution in [0.4, 0.5) is 0 Å². The van der Waals surface area contributed by atoms with Gasteiger partial charge in [-0.3, -0.25) is 4.79 Å². The number of hydrogen-bond acceptors (Lipinski definition) is 2. The average Bonchev–Trinajstić information content (AvgIpc) is 2.48. The van der Waals surface area contributed by atoms with Gasteiger partial charge in [-0.15, -0.1) is 0 Å². The summed E-state index contributed by atoms with van der Waals surface area (Å²) in [5.74, 6) is 0.159. The van der Waals surface area contributed by atoms with Crippen molar-refractivity contribution >= 4 is 5.78 Å². The van der Waals surface area contributed by atoms with E-state index in [1.807, 2.05) is 36.4 Å². The third kappa shape index (κ3) is 3.33. The highest BCUT2D eigenvalue weighted by Crippen LogP contribution is 2.40. The van der Waals surface area contributed by atoms with E-state index in [0.717, 1.165) is 17.6 Å². The summed E-state index contributed by atoms with van der Waals surface area (Å²) in [6.07, 6.45) is 7.54. The lowest BCUT2D eigenvalue weighted by Gasteiger charge is -2.42. The molecule has 0 spiro atoms. The van der Waals surface area contributed by atoms with Crippen molar-refractivity contribution < 1.29 is 9.53 Å². The Morgan fingerprint density at radius 3 is 2.38 bits per heavy atom. The first-order valence-corrected chi connectivity index (χ1v) is 7.40. The van der Waals surface area contributed by atoms with Crippen LogP contribution in [0.1, 0.15) is 44.0 Å². The van der Waals surface area contributed by atoms with Crippen LogP contribution in [0.2, 0.25) is 0 Å². The molecule has 0 radical (unpaired) electrons. The number of ether oxygens (including phenoxy) is 1. The number of allylic oxidation sites excluding steroid dienone is 2. The second kappa shape index (κ2) is 5.98. The van der Waals surface area contributed by atoms with Crippen LogP contribution in [-0.4, -0.2) is 18.5 Å². The first-order chi connectivity index (χ1) is 9.88. The summed E-state index contributed by atoms with van der Waals surface area (Å²) in [5.41, 5.74) is 1.57. The highest BCUT2D eigenvalue weighted by molar-refractivity contribution is 5.97. The van der Waals surface area contributed by atoms with E-state index in [9.17, 15) is 4.79 Å². The van der Waals surface area contributed by atoms with Crippen LogP contribution in [0.25, 0.3) is 0 Å². The van der Waals surface area contributed by atoms with Crippen molar-refractivity contribution in [3.8, 4) is 0 Å². The van der Waals surface area contributed by atoms with Crippen molar-refractivity contribution in [3.63, 3.8) is 0 Å². The van der Waals surface area contributed by atoms with Gasteiger partial charge in [-0.2, -0.15) is 0 Å². The Labute approximate surface area is 127 Å². The summed E-state index contributed by atoms with van der Waals surface area (Å²) in [6.45, 7) is 6.53. The molecule has 2 heteroatoms. The van der Waals surface area contributed by atoms with Gasteiger partial charge in [0.05, 0.1) is 5.60 Å². The third-order valence-corrected chi connectivity index (χ3v) is 4.33. The molecule has 112 valence electrons. The number of ketones is 1. The molecule has 1 aromatic carbocycles. The number of benzene rings is 1.